The van der Waals surface area contributed by atoms with E-state index in [9.17, 15) is 0 Å². The summed E-state index contributed by atoms with van der Waals surface area (Å²) in [5.41, 5.74) is 13.1. The van der Waals surface area contributed by atoms with E-state index >= 15 is 0 Å². The maximum absolute atomic E-state index is 8.50. The van der Waals surface area contributed by atoms with Crippen LogP contribution in [0.15, 0.2) is 40.1 Å². The number of allylic oxidation sites excluding steroid dienone is 6. The van der Waals surface area contributed by atoms with E-state index in [1.807, 2.05) is 6.92 Å². The third-order valence-electron chi connectivity index (χ3n) is 4.07. The summed E-state index contributed by atoms with van der Waals surface area (Å²) in [6, 6.07) is 0.0503. The van der Waals surface area contributed by atoms with Crippen LogP contribution in [-0.2, 0) is 0 Å². The average molecular weight is 243 g/mol. The molecular weight excluding hydrogens is 222 g/mol. The Kier molecular flexibility index (Phi) is 3.36. The molecule has 0 saturated heterocycles. The molecule has 2 aliphatic rings. The van der Waals surface area contributed by atoms with E-state index in [1.54, 1.807) is 0 Å². The van der Waals surface area contributed by atoms with E-state index in [2.05, 4.69) is 49.0 Å². The number of hydrogen-bond acceptors (Lipinski definition) is 1. The van der Waals surface area contributed by atoms with Gasteiger partial charge in [-0.25, -0.2) is 0 Å². The van der Waals surface area contributed by atoms with Crippen molar-refractivity contribution in [1.82, 2.24) is 0 Å². The van der Waals surface area contributed by atoms with Crippen molar-refractivity contribution >= 4 is 0 Å². The average Bonchev–Trinajstić information content (AvgIpc) is 2.70. The largest absolute Gasteiger partial charge is 0.0909 e. The van der Waals surface area contributed by atoms with Crippen LogP contribution in [0, 0.1) is 11.3 Å². The van der Waals surface area contributed by atoms with E-state index in [0.717, 1.165) is 12.8 Å². The molecule has 0 aromatic carbocycles. The fraction of sp³-hybridized carbons (Fsp3) is 0.600. The summed E-state index contributed by atoms with van der Waals surface area (Å²) in [7, 11) is 0. The van der Waals surface area contributed by atoms with Crippen molar-refractivity contribution in [2.75, 3.05) is 0 Å². The predicted octanol–water partition coefficient (Wildman–Crippen LogP) is 4.93. The molecule has 0 aromatic heterocycles. The van der Waals surface area contributed by atoms with Crippen molar-refractivity contribution in [2.24, 2.45) is 16.4 Å². The smallest absolute Gasteiger partial charge is 0.0354 e. The number of hydrogen-bond donors (Lipinski definition) is 0. The summed E-state index contributed by atoms with van der Waals surface area (Å²) in [5, 5.41) is 3.79. The lowest BCUT2D eigenvalue weighted by Gasteiger charge is -2.32. The van der Waals surface area contributed by atoms with Gasteiger partial charge in [0.2, 0.25) is 0 Å². The van der Waals surface area contributed by atoms with Gasteiger partial charge in [-0.15, -0.1) is 0 Å². The molecule has 0 spiro atoms. The standard InChI is InChI=1S/C15H21N3/c1-10-7-8-15(3,4)13-6-5-12(14(10)13)9-11(2)17-18-16/h5-7,11-12H,8-9H2,1-4H3/t11-,12?/m0/s1. The lowest BCUT2D eigenvalue weighted by molar-refractivity contribution is 0.448. The van der Waals surface area contributed by atoms with Gasteiger partial charge in [-0.2, -0.15) is 0 Å². The monoisotopic (exact) mass is 243 g/mol. The molecule has 3 nitrogen and oxygen atoms in total. The number of nitrogens with zero attached hydrogens (tertiary/aromatic N) is 3. The second-order valence-electron chi connectivity index (χ2n) is 6.06. The second kappa shape index (κ2) is 4.66. The Morgan fingerprint density at radius 2 is 2.28 bits per heavy atom. The zero-order chi connectivity index (χ0) is 13.3. The minimum Gasteiger partial charge on any atom is -0.0909 e. The molecule has 0 amide bonds. The van der Waals surface area contributed by atoms with E-state index in [4.69, 9.17) is 5.53 Å². The van der Waals surface area contributed by atoms with Crippen molar-refractivity contribution < 1.29 is 0 Å². The lowest BCUT2D eigenvalue weighted by atomic mass is 9.72. The molecule has 0 aromatic rings. The van der Waals surface area contributed by atoms with Gasteiger partial charge in [0, 0.05) is 16.9 Å². The van der Waals surface area contributed by atoms with Gasteiger partial charge >= 0.3 is 0 Å². The highest BCUT2D eigenvalue weighted by molar-refractivity contribution is 5.52. The van der Waals surface area contributed by atoms with E-state index in [1.165, 1.54) is 16.7 Å². The first-order valence-electron chi connectivity index (χ1n) is 6.60. The van der Waals surface area contributed by atoms with E-state index in [0.29, 0.717) is 5.92 Å². The molecule has 0 aliphatic heterocycles. The molecule has 0 N–H and O–H groups in total. The SMILES string of the molecule is CC1=CCC(C)(C)C2=C1C(C[C@H](C)N=[N+]=[N-])C=C2. The Labute approximate surface area is 109 Å². The van der Waals surface area contributed by atoms with Crippen LogP contribution >= 0.6 is 0 Å². The molecule has 2 atom stereocenters. The van der Waals surface area contributed by atoms with Crippen molar-refractivity contribution in [2.45, 2.75) is 46.6 Å². The van der Waals surface area contributed by atoms with Gasteiger partial charge in [0.25, 0.3) is 0 Å². The molecule has 0 bridgehead atoms. The Morgan fingerprint density at radius 1 is 1.56 bits per heavy atom. The minimum atomic E-state index is 0.0503. The van der Waals surface area contributed by atoms with E-state index in [-0.39, 0.29) is 11.5 Å². The maximum Gasteiger partial charge on any atom is 0.0354 e. The molecule has 0 saturated carbocycles. The topological polar surface area (TPSA) is 48.8 Å². The Bertz CT molecular complexity index is 488. The molecule has 96 valence electrons. The summed E-state index contributed by atoms with van der Waals surface area (Å²) in [4.78, 5) is 2.90. The molecule has 2 rings (SSSR count). The summed E-state index contributed by atoms with van der Waals surface area (Å²) >= 11 is 0. The van der Waals surface area contributed by atoms with Crippen LogP contribution in [0.4, 0.5) is 0 Å². The second-order valence-corrected chi connectivity index (χ2v) is 6.06. The third-order valence-corrected chi connectivity index (χ3v) is 4.07. The van der Waals surface area contributed by atoms with Gasteiger partial charge in [-0.05, 0) is 41.9 Å². The molecule has 0 radical (unpaired) electrons. The van der Waals surface area contributed by atoms with Crippen molar-refractivity contribution in [3.63, 3.8) is 0 Å². The first kappa shape index (κ1) is 13.0. The van der Waals surface area contributed by atoms with Crippen LogP contribution < -0.4 is 0 Å². The lowest BCUT2D eigenvalue weighted by Crippen LogP contribution is -2.19. The van der Waals surface area contributed by atoms with Gasteiger partial charge in [0.15, 0.2) is 0 Å². The minimum absolute atomic E-state index is 0.0503. The fourth-order valence-electron chi connectivity index (χ4n) is 3.02. The van der Waals surface area contributed by atoms with Crippen molar-refractivity contribution in [3.05, 3.63) is 45.4 Å². The van der Waals surface area contributed by atoms with Crippen LogP contribution in [0.2, 0.25) is 0 Å². The first-order valence-corrected chi connectivity index (χ1v) is 6.60. The normalized spacial score (nSPS) is 26.4. The maximum atomic E-state index is 8.50. The van der Waals surface area contributed by atoms with Crippen molar-refractivity contribution in [3.8, 4) is 0 Å². The van der Waals surface area contributed by atoms with Crippen molar-refractivity contribution in [1.29, 1.82) is 0 Å². The van der Waals surface area contributed by atoms with Crippen LogP contribution in [0.5, 0.6) is 0 Å². The molecule has 2 aliphatic carbocycles. The summed E-state index contributed by atoms with van der Waals surface area (Å²) < 4.78 is 0. The zero-order valence-corrected chi connectivity index (χ0v) is 11.6. The highest BCUT2D eigenvalue weighted by atomic mass is 15.1. The molecule has 1 unspecified atom stereocenters. The Hall–Kier alpha value is -1.47. The third kappa shape index (κ3) is 2.23. The molecule has 0 fully saturated rings. The van der Waals surface area contributed by atoms with Gasteiger partial charge in [-0.1, -0.05) is 49.7 Å². The predicted molar refractivity (Wildman–Crippen MR) is 75.0 cm³/mol. The van der Waals surface area contributed by atoms with Crippen LogP contribution in [-0.4, -0.2) is 6.04 Å². The van der Waals surface area contributed by atoms with Gasteiger partial charge < -0.3 is 0 Å². The van der Waals surface area contributed by atoms with Gasteiger partial charge in [0.1, 0.15) is 0 Å². The molecular formula is C15H21N3. The number of azide groups is 1. The highest BCUT2D eigenvalue weighted by Gasteiger charge is 2.33. The van der Waals surface area contributed by atoms with Crippen LogP contribution in [0.1, 0.15) is 40.5 Å². The number of rotatable bonds is 3. The fourth-order valence-corrected chi connectivity index (χ4v) is 3.02. The summed E-state index contributed by atoms with van der Waals surface area (Å²) in [6.07, 6.45) is 8.91. The van der Waals surface area contributed by atoms with Gasteiger partial charge in [-0.3, -0.25) is 0 Å². The Balaban J connectivity index is 2.27. The molecule has 3 heteroatoms. The molecule has 0 heterocycles. The van der Waals surface area contributed by atoms with Crippen LogP contribution in [0.25, 0.3) is 10.4 Å². The Morgan fingerprint density at radius 3 is 2.94 bits per heavy atom. The summed E-state index contributed by atoms with van der Waals surface area (Å²) in [5.74, 6) is 0.413. The molecule has 18 heavy (non-hydrogen) atoms. The van der Waals surface area contributed by atoms with Gasteiger partial charge in [0.05, 0.1) is 0 Å². The zero-order valence-electron chi connectivity index (χ0n) is 11.6. The van der Waals surface area contributed by atoms with Crippen LogP contribution in [0.3, 0.4) is 0 Å². The first-order chi connectivity index (χ1) is 8.45. The van der Waals surface area contributed by atoms with E-state index < -0.39 is 0 Å². The highest BCUT2D eigenvalue weighted by Crippen LogP contribution is 2.47. The quantitative estimate of drug-likeness (QED) is 0.383. The summed E-state index contributed by atoms with van der Waals surface area (Å²) in [6.45, 7) is 8.78.